The molecule has 3 aliphatic rings. The lowest BCUT2D eigenvalue weighted by Gasteiger charge is -2.57. The first-order valence-electron chi connectivity index (χ1n) is 7.82. The summed E-state index contributed by atoms with van der Waals surface area (Å²) in [4.78, 5) is 23.5. The van der Waals surface area contributed by atoms with Gasteiger partial charge in [0, 0.05) is 24.3 Å². The van der Waals surface area contributed by atoms with Gasteiger partial charge in [0.05, 0.1) is 6.61 Å². The number of hydrogen-bond donors (Lipinski definition) is 0. The Morgan fingerprint density at radius 3 is 2.71 bits per heavy atom. The number of carbonyl (C=O) groups excluding carboxylic acids is 2. The maximum Gasteiger partial charge on any atom is 0.334 e. The van der Waals surface area contributed by atoms with Crippen LogP contribution < -0.4 is 0 Å². The van der Waals surface area contributed by atoms with Gasteiger partial charge in [0.15, 0.2) is 0 Å². The van der Waals surface area contributed by atoms with Gasteiger partial charge in [0.1, 0.15) is 6.10 Å². The van der Waals surface area contributed by atoms with Crippen molar-refractivity contribution in [3.63, 3.8) is 0 Å². The molecule has 0 radical (unpaired) electrons. The standard InChI is InChI=1S/C17H24O4/c1-10(18)21-13-8-11-12(9-20-15(11)19)17(4)7-5-6-16(2,3)14(13)17/h8,12-14H,5-7,9H2,1-4H3/t12-,13+,14-,17+/m0/s1. The van der Waals surface area contributed by atoms with E-state index in [2.05, 4.69) is 20.8 Å². The third-order valence-electron chi connectivity index (χ3n) is 5.85. The number of esters is 2. The molecule has 4 heteroatoms. The van der Waals surface area contributed by atoms with E-state index in [0.717, 1.165) is 24.8 Å². The van der Waals surface area contributed by atoms with Crippen molar-refractivity contribution in [2.24, 2.45) is 22.7 Å². The highest BCUT2D eigenvalue weighted by molar-refractivity contribution is 5.91. The highest BCUT2D eigenvalue weighted by Gasteiger charge is 2.59. The number of fused-ring (bicyclic) bond motifs is 3. The van der Waals surface area contributed by atoms with Gasteiger partial charge in [-0.05, 0) is 29.7 Å². The molecule has 0 aromatic heterocycles. The summed E-state index contributed by atoms with van der Waals surface area (Å²) in [5.74, 6) is -0.155. The Kier molecular flexibility index (Phi) is 3.19. The van der Waals surface area contributed by atoms with E-state index in [4.69, 9.17) is 9.47 Å². The van der Waals surface area contributed by atoms with Crippen LogP contribution in [0.1, 0.15) is 47.0 Å². The molecule has 2 aliphatic carbocycles. The van der Waals surface area contributed by atoms with Crippen LogP contribution in [0.25, 0.3) is 0 Å². The number of ether oxygens (including phenoxy) is 2. The number of hydrogen-bond acceptors (Lipinski definition) is 4. The van der Waals surface area contributed by atoms with Crippen LogP contribution in [-0.4, -0.2) is 24.6 Å². The summed E-state index contributed by atoms with van der Waals surface area (Å²) in [6.07, 6.45) is 4.86. The first kappa shape index (κ1) is 14.6. The van der Waals surface area contributed by atoms with Gasteiger partial charge < -0.3 is 9.47 Å². The number of carbonyl (C=O) groups is 2. The van der Waals surface area contributed by atoms with E-state index in [1.807, 2.05) is 6.08 Å². The molecule has 0 bridgehead atoms. The molecule has 1 aliphatic heterocycles. The molecule has 0 unspecified atom stereocenters. The van der Waals surface area contributed by atoms with E-state index in [0.29, 0.717) is 6.61 Å². The normalized spacial score (nSPS) is 40.7. The van der Waals surface area contributed by atoms with Crippen LogP contribution in [0.15, 0.2) is 11.6 Å². The van der Waals surface area contributed by atoms with Gasteiger partial charge >= 0.3 is 11.9 Å². The lowest BCUT2D eigenvalue weighted by atomic mass is 9.48. The Hall–Kier alpha value is -1.32. The Morgan fingerprint density at radius 1 is 1.33 bits per heavy atom. The van der Waals surface area contributed by atoms with Crippen molar-refractivity contribution in [1.29, 1.82) is 0 Å². The lowest BCUT2D eigenvalue weighted by molar-refractivity contribution is -0.160. The molecule has 4 nitrogen and oxygen atoms in total. The fourth-order valence-corrected chi connectivity index (χ4v) is 5.11. The summed E-state index contributed by atoms with van der Waals surface area (Å²) in [5, 5.41) is 0. The summed E-state index contributed by atoms with van der Waals surface area (Å²) >= 11 is 0. The summed E-state index contributed by atoms with van der Waals surface area (Å²) < 4.78 is 10.9. The average Bonchev–Trinajstić information content (AvgIpc) is 2.69. The molecule has 21 heavy (non-hydrogen) atoms. The topological polar surface area (TPSA) is 52.6 Å². The Bertz CT molecular complexity index is 519. The van der Waals surface area contributed by atoms with Crippen LogP contribution in [0.2, 0.25) is 0 Å². The Balaban J connectivity index is 2.09. The summed E-state index contributed by atoms with van der Waals surface area (Å²) in [5.41, 5.74) is 0.761. The van der Waals surface area contributed by atoms with Crippen molar-refractivity contribution in [3.05, 3.63) is 11.6 Å². The van der Waals surface area contributed by atoms with Crippen LogP contribution in [0.4, 0.5) is 0 Å². The quantitative estimate of drug-likeness (QED) is 0.697. The lowest BCUT2D eigenvalue weighted by Crippen LogP contribution is -2.55. The molecule has 0 spiro atoms. The largest absolute Gasteiger partial charge is 0.462 e. The van der Waals surface area contributed by atoms with E-state index >= 15 is 0 Å². The van der Waals surface area contributed by atoms with Crippen molar-refractivity contribution in [2.45, 2.75) is 53.1 Å². The zero-order chi connectivity index (χ0) is 15.4. The van der Waals surface area contributed by atoms with E-state index in [1.54, 1.807) is 0 Å². The highest BCUT2D eigenvalue weighted by atomic mass is 16.5. The SMILES string of the molecule is CC(=O)O[C@@H]1C=C2C(=O)OC[C@@H]2[C@@]2(C)CCCC(C)(C)[C@H]12. The van der Waals surface area contributed by atoms with Crippen LogP contribution in [0.5, 0.6) is 0 Å². The molecule has 0 amide bonds. The van der Waals surface area contributed by atoms with Crippen molar-refractivity contribution in [3.8, 4) is 0 Å². The Morgan fingerprint density at radius 2 is 2.05 bits per heavy atom. The fraction of sp³-hybridized carbons (Fsp3) is 0.765. The average molecular weight is 292 g/mol. The molecule has 1 saturated carbocycles. The minimum Gasteiger partial charge on any atom is -0.462 e. The summed E-state index contributed by atoms with van der Waals surface area (Å²) in [7, 11) is 0. The second-order valence-corrected chi connectivity index (χ2v) is 7.67. The van der Waals surface area contributed by atoms with E-state index < -0.39 is 0 Å². The zero-order valence-corrected chi connectivity index (χ0v) is 13.3. The molecular formula is C17H24O4. The van der Waals surface area contributed by atoms with Crippen molar-refractivity contribution >= 4 is 11.9 Å². The van der Waals surface area contributed by atoms with Gasteiger partial charge in [-0.15, -0.1) is 0 Å². The smallest absolute Gasteiger partial charge is 0.334 e. The molecule has 4 atom stereocenters. The van der Waals surface area contributed by atoms with E-state index in [1.165, 1.54) is 6.92 Å². The molecular weight excluding hydrogens is 268 g/mol. The van der Waals surface area contributed by atoms with Gasteiger partial charge in [-0.25, -0.2) is 4.79 Å². The minimum absolute atomic E-state index is 0.0435. The Labute approximate surface area is 125 Å². The van der Waals surface area contributed by atoms with Gasteiger partial charge in [-0.1, -0.05) is 27.2 Å². The molecule has 2 fully saturated rings. The first-order valence-corrected chi connectivity index (χ1v) is 7.82. The maximum absolute atomic E-state index is 12.0. The molecule has 3 rings (SSSR count). The van der Waals surface area contributed by atoms with Crippen LogP contribution in [0.3, 0.4) is 0 Å². The van der Waals surface area contributed by atoms with Gasteiger partial charge in [0.2, 0.25) is 0 Å². The number of cyclic esters (lactones) is 1. The molecule has 116 valence electrons. The summed E-state index contributed by atoms with van der Waals surface area (Å²) in [6, 6.07) is 0. The van der Waals surface area contributed by atoms with E-state index in [-0.39, 0.29) is 40.7 Å². The van der Waals surface area contributed by atoms with Crippen molar-refractivity contribution in [2.75, 3.05) is 6.61 Å². The predicted molar refractivity (Wildman–Crippen MR) is 77.3 cm³/mol. The second kappa shape index (κ2) is 4.59. The molecule has 1 saturated heterocycles. The van der Waals surface area contributed by atoms with Crippen LogP contribution in [0, 0.1) is 22.7 Å². The van der Waals surface area contributed by atoms with Gasteiger partial charge in [-0.2, -0.15) is 0 Å². The molecule has 0 N–H and O–H groups in total. The fourth-order valence-electron chi connectivity index (χ4n) is 5.11. The summed E-state index contributed by atoms with van der Waals surface area (Å²) in [6.45, 7) is 8.66. The van der Waals surface area contributed by atoms with Crippen LogP contribution >= 0.6 is 0 Å². The third kappa shape index (κ3) is 2.11. The minimum atomic E-state index is -0.320. The first-order chi connectivity index (χ1) is 9.75. The van der Waals surface area contributed by atoms with Crippen LogP contribution in [-0.2, 0) is 19.1 Å². The molecule has 1 heterocycles. The molecule has 0 aromatic rings. The monoisotopic (exact) mass is 292 g/mol. The van der Waals surface area contributed by atoms with Crippen molar-refractivity contribution < 1.29 is 19.1 Å². The second-order valence-electron chi connectivity index (χ2n) is 7.67. The van der Waals surface area contributed by atoms with E-state index in [9.17, 15) is 9.59 Å². The zero-order valence-electron chi connectivity index (χ0n) is 13.3. The van der Waals surface area contributed by atoms with Crippen molar-refractivity contribution in [1.82, 2.24) is 0 Å². The highest BCUT2D eigenvalue weighted by Crippen LogP contribution is 2.61. The maximum atomic E-state index is 12.0. The third-order valence-corrected chi connectivity index (χ3v) is 5.85. The predicted octanol–water partition coefficient (Wildman–Crippen LogP) is 2.86. The molecule has 0 aromatic carbocycles. The van der Waals surface area contributed by atoms with Gasteiger partial charge in [0.25, 0.3) is 0 Å². The number of rotatable bonds is 1. The van der Waals surface area contributed by atoms with Gasteiger partial charge in [-0.3, -0.25) is 4.79 Å².